The molecule has 0 atom stereocenters. The van der Waals surface area contributed by atoms with Crippen molar-refractivity contribution in [2.75, 3.05) is 0 Å². The van der Waals surface area contributed by atoms with E-state index >= 15 is 0 Å². The van der Waals surface area contributed by atoms with Gasteiger partial charge in [0.15, 0.2) is 5.75 Å². The summed E-state index contributed by atoms with van der Waals surface area (Å²) in [6.07, 6.45) is 5.20. The Labute approximate surface area is 81.5 Å². The van der Waals surface area contributed by atoms with Gasteiger partial charge >= 0.3 is 5.97 Å². The summed E-state index contributed by atoms with van der Waals surface area (Å²) in [5, 5.41) is 8.97. The predicted molar refractivity (Wildman–Crippen MR) is 49.6 cm³/mol. The lowest BCUT2D eigenvalue weighted by Crippen LogP contribution is -2.07. The second-order valence-corrected chi connectivity index (χ2v) is 3.45. The second kappa shape index (κ2) is 3.29. The number of carbonyl (C=O) groups is 1. The van der Waals surface area contributed by atoms with Crippen LogP contribution in [0.4, 0.5) is 0 Å². The van der Waals surface area contributed by atoms with Crippen LogP contribution in [0.2, 0.25) is 0 Å². The number of carboxylic acids is 1. The molecule has 1 fully saturated rings. The number of aromatic nitrogens is 1. The first-order valence-corrected chi connectivity index (χ1v) is 4.53. The first-order chi connectivity index (χ1) is 6.68. The molecular formula is C10H11NO3. The molecule has 0 unspecified atom stereocenters. The molecule has 0 aliphatic heterocycles. The monoisotopic (exact) mass is 193 g/mol. The third-order valence-electron chi connectivity index (χ3n) is 2.13. The molecule has 4 heteroatoms. The van der Waals surface area contributed by atoms with Gasteiger partial charge in [0.25, 0.3) is 0 Å². The molecule has 0 bridgehead atoms. The molecule has 4 nitrogen and oxygen atoms in total. The number of rotatable bonds is 3. The zero-order chi connectivity index (χ0) is 10.1. The second-order valence-electron chi connectivity index (χ2n) is 3.45. The van der Waals surface area contributed by atoms with E-state index in [1.54, 1.807) is 6.92 Å². The van der Waals surface area contributed by atoms with Crippen molar-refractivity contribution in [1.82, 2.24) is 4.98 Å². The van der Waals surface area contributed by atoms with Crippen molar-refractivity contribution < 1.29 is 14.6 Å². The third-order valence-corrected chi connectivity index (χ3v) is 2.13. The number of ether oxygens (including phenoxy) is 1. The molecule has 1 aromatic heterocycles. The Bertz CT molecular complexity index is 372. The summed E-state index contributed by atoms with van der Waals surface area (Å²) >= 11 is 0. The van der Waals surface area contributed by atoms with Crippen LogP contribution in [0.25, 0.3) is 0 Å². The number of nitrogens with zero attached hydrogens (tertiary/aromatic N) is 1. The van der Waals surface area contributed by atoms with E-state index in [4.69, 9.17) is 9.84 Å². The van der Waals surface area contributed by atoms with Crippen molar-refractivity contribution >= 4 is 5.97 Å². The number of hydrogen-bond acceptors (Lipinski definition) is 3. The maximum absolute atomic E-state index is 10.9. The average molecular weight is 193 g/mol. The minimum absolute atomic E-state index is 0.191. The molecule has 0 spiro atoms. The first kappa shape index (κ1) is 8.99. The van der Waals surface area contributed by atoms with Crippen LogP contribution in [0.15, 0.2) is 12.4 Å². The Hall–Kier alpha value is -1.58. The highest BCUT2D eigenvalue weighted by atomic mass is 16.5. The molecule has 1 aliphatic carbocycles. The van der Waals surface area contributed by atoms with E-state index in [9.17, 15) is 4.79 Å². The topological polar surface area (TPSA) is 59.4 Å². The largest absolute Gasteiger partial charge is 0.488 e. The Morgan fingerprint density at radius 2 is 2.29 bits per heavy atom. The third kappa shape index (κ3) is 1.69. The zero-order valence-electron chi connectivity index (χ0n) is 7.86. The van der Waals surface area contributed by atoms with Crippen LogP contribution in [0.1, 0.15) is 28.8 Å². The molecule has 0 radical (unpaired) electrons. The van der Waals surface area contributed by atoms with Crippen molar-refractivity contribution in [3.05, 3.63) is 23.5 Å². The summed E-state index contributed by atoms with van der Waals surface area (Å²) in [6.45, 7) is 1.72. The van der Waals surface area contributed by atoms with Crippen molar-refractivity contribution in [2.24, 2.45) is 0 Å². The van der Waals surface area contributed by atoms with Crippen molar-refractivity contribution in [3.63, 3.8) is 0 Å². The molecule has 1 saturated carbocycles. The molecule has 1 N–H and O–H groups in total. The van der Waals surface area contributed by atoms with Crippen LogP contribution in [0, 0.1) is 6.92 Å². The van der Waals surface area contributed by atoms with Crippen molar-refractivity contribution in [2.45, 2.75) is 25.9 Å². The van der Waals surface area contributed by atoms with Crippen LogP contribution in [0.5, 0.6) is 5.75 Å². The number of pyridine rings is 1. The van der Waals surface area contributed by atoms with Crippen LogP contribution in [-0.2, 0) is 0 Å². The summed E-state index contributed by atoms with van der Waals surface area (Å²) in [5.74, 6) is -0.569. The molecule has 14 heavy (non-hydrogen) atoms. The maximum Gasteiger partial charge on any atom is 0.339 e. The van der Waals surface area contributed by atoms with E-state index in [1.165, 1.54) is 12.4 Å². The standard InChI is InChI=1S/C10H11NO3/c1-6-4-11-5-8(9(6)10(12)13)14-7-2-3-7/h4-5,7H,2-3H2,1H3,(H,12,13). The molecule has 0 saturated heterocycles. The summed E-state index contributed by atoms with van der Waals surface area (Å²) in [7, 11) is 0. The number of aryl methyl sites for hydroxylation is 1. The Morgan fingerprint density at radius 3 is 2.86 bits per heavy atom. The van der Waals surface area contributed by atoms with Gasteiger partial charge in [0.2, 0.25) is 0 Å². The van der Waals surface area contributed by atoms with E-state index in [1.807, 2.05) is 0 Å². The smallest absolute Gasteiger partial charge is 0.339 e. The highest BCUT2D eigenvalue weighted by molar-refractivity contribution is 5.92. The number of hydrogen-bond donors (Lipinski definition) is 1. The molecule has 2 rings (SSSR count). The van der Waals surface area contributed by atoms with Crippen molar-refractivity contribution in [3.8, 4) is 5.75 Å². The molecule has 1 heterocycles. The van der Waals surface area contributed by atoms with E-state index in [0.717, 1.165) is 12.8 Å². The zero-order valence-corrected chi connectivity index (χ0v) is 7.86. The first-order valence-electron chi connectivity index (χ1n) is 4.53. The normalized spacial score (nSPS) is 15.2. The molecular weight excluding hydrogens is 182 g/mol. The van der Waals surface area contributed by atoms with E-state index in [0.29, 0.717) is 11.3 Å². The lowest BCUT2D eigenvalue weighted by Gasteiger charge is -2.08. The highest BCUT2D eigenvalue weighted by Crippen LogP contribution is 2.29. The van der Waals surface area contributed by atoms with Gasteiger partial charge in [0, 0.05) is 6.20 Å². The van der Waals surface area contributed by atoms with Crippen LogP contribution in [0.3, 0.4) is 0 Å². The van der Waals surface area contributed by atoms with Crippen molar-refractivity contribution in [1.29, 1.82) is 0 Å². The van der Waals surface area contributed by atoms with Gasteiger partial charge in [-0.05, 0) is 25.3 Å². The summed E-state index contributed by atoms with van der Waals surface area (Å²) in [6, 6.07) is 0. The van der Waals surface area contributed by atoms with E-state index < -0.39 is 5.97 Å². The number of carboxylic acid groups (broad SMARTS) is 1. The maximum atomic E-state index is 10.9. The summed E-state index contributed by atoms with van der Waals surface area (Å²) in [4.78, 5) is 14.9. The van der Waals surface area contributed by atoms with Gasteiger partial charge in [-0.1, -0.05) is 0 Å². The lowest BCUT2D eigenvalue weighted by atomic mass is 10.1. The molecule has 0 amide bonds. The minimum Gasteiger partial charge on any atom is -0.488 e. The summed E-state index contributed by atoms with van der Waals surface area (Å²) < 4.78 is 5.46. The summed E-state index contributed by atoms with van der Waals surface area (Å²) in [5.41, 5.74) is 0.863. The van der Waals surface area contributed by atoms with Gasteiger partial charge in [0.05, 0.1) is 12.3 Å². The fourth-order valence-corrected chi connectivity index (χ4v) is 1.27. The SMILES string of the molecule is Cc1cncc(OC2CC2)c1C(=O)O. The van der Waals surface area contributed by atoms with Crippen LogP contribution in [-0.4, -0.2) is 22.2 Å². The van der Waals surface area contributed by atoms with Gasteiger partial charge in [-0.2, -0.15) is 0 Å². The van der Waals surface area contributed by atoms with Gasteiger partial charge in [-0.25, -0.2) is 4.79 Å². The lowest BCUT2D eigenvalue weighted by molar-refractivity contribution is 0.0691. The van der Waals surface area contributed by atoms with Gasteiger partial charge < -0.3 is 9.84 Å². The Balaban J connectivity index is 2.35. The molecule has 0 aromatic carbocycles. The number of aromatic carboxylic acids is 1. The van der Waals surface area contributed by atoms with Crippen LogP contribution < -0.4 is 4.74 Å². The minimum atomic E-state index is -0.958. The average Bonchev–Trinajstić information content (AvgIpc) is 2.87. The Morgan fingerprint density at radius 1 is 1.57 bits per heavy atom. The van der Waals surface area contributed by atoms with E-state index in [2.05, 4.69) is 4.98 Å². The fourth-order valence-electron chi connectivity index (χ4n) is 1.27. The van der Waals surface area contributed by atoms with E-state index in [-0.39, 0.29) is 11.7 Å². The van der Waals surface area contributed by atoms with Gasteiger partial charge in [0.1, 0.15) is 5.56 Å². The quantitative estimate of drug-likeness (QED) is 0.792. The molecule has 1 aromatic rings. The van der Waals surface area contributed by atoms with Crippen LogP contribution >= 0.6 is 0 Å². The highest BCUT2D eigenvalue weighted by Gasteiger charge is 2.26. The molecule has 1 aliphatic rings. The fraction of sp³-hybridized carbons (Fsp3) is 0.400. The van der Waals surface area contributed by atoms with Gasteiger partial charge in [-0.3, -0.25) is 4.98 Å². The Kier molecular flexibility index (Phi) is 2.11. The predicted octanol–water partition coefficient (Wildman–Crippen LogP) is 1.63. The molecule has 74 valence electrons. The van der Waals surface area contributed by atoms with Gasteiger partial charge in [-0.15, -0.1) is 0 Å².